The van der Waals surface area contributed by atoms with Gasteiger partial charge in [0.15, 0.2) is 0 Å². The van der Waals surface area contributed by atoms with E-state index < -0.39 is 0 Å². The van der Waals surface area contributed by atoms with Gasteiger partial charge in [0.25, 0.3) is 5.91 Å². The largest absolute Gasteiger partial charge is 0.351 e. The van der Waals surface area contributed by atoms with Gasteiger partial charge in [-0.1, -0.05) is 35.9 Å². The molecule has 0 atom stereocenters. The molecule has 0 aromatic heterocycles. The molecule has 1 N–H and O–H groups in total. The van der Waals surface area contributed by atoms with Crippen LogP contribution in [0.3, 0.4) is 0 Å². The number of carbonyl (C=O) groups excluding carboxylic acids is 1. The number of halogens is 2. The highest BCUT2D eigenvalue weighted by molar-refractivity contribution is 7.98. The highest BCUT2D eigenvalue weighted by Crippen LogP contribution is 2.18. The molecular weight excluding hydrogens is 321 g/mol. The van der Waals surface area contributed by atoms with E-state index in [1.54, 1.807) is 36.0 Å². The van der Waals surface area contributed by atoms with Crippen molar-refractivity contribution in [3.63, 3.8) is 0 Å². The van der Waals surface area contributed by atoms with E-state index in [1.807, 2.05) is 19.1 Å². The van der Waals surface area contributed by atoms with Crippen molar-refractivity contribution in [2.24, 2.45) is 0 Å². The van der Waals surface area contributed by atoms with Gasteiger partial charge < -0.3 is 5.32 Å². The highest BCUT2D eigenvalue weighted by Gasteiger charge is 2.09. The molecule has 0 spiro atoms. The van der Waals surface area contributed by atoms with E-state index in [4.69, 9.17) is 11.6 Å². The summed E-state index contributed by atoms with van der Waals surface area (Å²) in [6.07, 6.45) is 0. The van der Waals surface area contributed by atoms with Crippen molar-refractivity contribution in [2.75, 3.05) is 12.3 Å². The van der Waals surface area contributed by atoms with Crippen LogP contribution in [0.15, 0.2) is 42.5 Å². The number of hydrogen-bond donors (Lipinski definition) is 1. The van der Waals surface area contributed by atoms with Crippen LogP contribution in [0.5, 0.6) is 0 Å². The van der Waals surface area contributed by atoms with E-state index in [2.05, 4.69) is 5.32 Å². The van der Waals surface area contributed by atoms with E-state index in [-0.39, 0.29) is 11.7 Å². The number of benzene rings is 2. The molecule has 5 heteroatoms. The molecule has 0 bridgehead atoms. The maximum absolute atomic E-state index is 13.4. The van der Waals surface area contributed by atoms with Gasteiger partial charge in [-0.15, -0.1) is 0 Å². The summed E-state index contributed by atoms with van der Waals surface area (Å²) in [4.78, 5) is 12.0. The zero-order chi connectivity index (χ0) is 15.9. The standard InChI is InChI=1S/C17H17ClFNOS/c1-12-6-7-14(15(18)10-12)17(21)20-8-9-22-11-13-4-2-3-5-16(13)19/h2-7,10H,8-9,11H2,1H3,(H,20,21). The molecule has 0 radical (unpaired) electrons. The van der Waals surface area contributed by atoms with Crippen LogP contribution in [0.2, 0.25) is 5.02 Å². The lowest BCUT2D eigenvalue weighted by molar-refractivity contribution is 0.0956. The summed E-state index contributed by atoms with van der Waals surface area (Å²) in [5.74, 6) is 0.930. The maximum Gasteiger partial charge on any atom is 0.252 e. The molecule has 0 unspecified atom stereocenters. The molecule has 0 saturated heterocycles. The second kappa shape index (κ2) is 8.20. The van der Waals surface area contributed by atoms with Gasteiger partial charge >= 0.3 is 0 Å². The summed E-state index contributed by atoms with van der Waals surface area (Å²) < 4.78 is 13.4. The van der Waals surface area contributed by atoms with Crippen molar-refractivity contribution >= 4 is 29.3 Å². The summed E-state index contributed by atoms with van der Waals surface area (Å²) in [7, 11) is 0. The fraction of sp³-hybridized carbons (Fsp3) is 0.235. The minimum atomic E-state index is -0.189. The first kappa shape index (κ1) is 16.8. The first-order valence-electron chi connectivity index (χ1n) is 6.93. The Labute approximate surface area is 139 Å². The molecule has 22 heavy (non-hydrogen) atoms. The maximum atomic E-state index is 13.4. The number of thioether (sulfide) groups is 1. The lowest BCUT2D eigenvalue weighted by Gasteiger charge is -2.07. The van der Waals surface area contributed by atoms with E-state index in [0.717, 1.165) is 5.56 Å². The number of hydrogen-bond acceptors (Lipinski definition) is 2. The van der Waals surface area contributed by atoms with Crippen LogP contribution < -0.4 is 5.32 Å². The fourth-order valence-electron chi connectivity index (χ4n) is 1.93. The summed E-state index contributed by atoms with van der Waals surface area (Å²) in [6.45, 7) is 2.44. The molecular formula is C17H17ClFNOS. The van der Waals surface area contributed by atoms with Crippen LogP contribution in [0.1, 0.15) is 21.5 Å². The van der Waals surface area contributed by atoms with E-state index in [0.29, 0.717) is 34.2 Å². The molecule has 1 amide bonds. The summed E-state index contributed by atoms with van der Waals surface area (Å²) in [5.41, 5.74) is 2.17. The van der Waals surface area contributed by atoms with Gasteiger partial charge in [-0.3, -0.25) is 4.79 Å². The molecule has 0 aliphatic rings. The van der Waals surface area contributed by atoms with Crippen LogP contribution in [-0.4, -0.2) is 18.2 Å². The van der Waals surface area contributed by atoms with E-state index in [1.165, 1.54) is 6.07 Å². The third kappa shape index (κ3) is 4.75. The van der Waals surface area contributed by atoms with Gasteiger partial charge in [0.2, 0.25) is 0 Å². The fourth-order valence-corrected chi connectivity index (χ4v) is 3.10. The highest BCUT2D eigenvalue weighted by atomic mass is 35.5. The zero-order valence-corrected chi connectivity index (χ0v) is 13.8. The Bertz CT molecular complexity index is 663. The van der Waals surface area contributed by atoms with Crippen LogP contribution in [0.4, 0.5) is 4.39 Å². The number of nitrogens with one attached hydrogen (secondary N) is 1. The summed E-state index contributed by atoms with van der Waals surface area (Å²) in [6, 6.07) is 12.1. The molecule has 2 aromatic carbocycles. The average Bonchev–Trinajstić information content (AvgIpc) is 2.48. The molecule has 0 aliphatic heterocycles. The smallest absolute Gasteiger partial charge is 0.252 e. The molecule has 2 nitrogen and oxygen atoms in total. The Morgan fingerprint density at radius 3 is 2.77 bits per heavy atom. The summed E-state index contributed by atoms with van der Waals surface area (Å²) >= 11 is 7.63. The number of rotatable bonds is 6. The molecule has 0 aliphatic carbocycles. The third-order valence-corrected chi connectivity index (χ3v) is 4.44. The lowest BCUT2D eigenvalue weighted by atomic mass is 10.1. The SMILES string of the molecule is Cc1ccc(C(=O)NCCSCc2ccccc2F)c(Cl)c1. The van der Waals surface area contributed by atoms with E-state index >= 15 is 0 Å². The van der Waals surface area contributed by atoms with E-state index in [9.17, 15) is 9.18 Å². The third-order valence-electron chi connectivity index (χ3n) is 3.12. The minimum absolute atomic E-state index is 0.184. The lowest BCUT2D eigenvalue weighted by Crippen LogP contribution is -2.26. The van der Waals surface area contributed by atoms with Crippen LogP contribution in [-0.2, 0) is 5.75 Å². The zero-order valence-electron chi connectivity index (χ0n) is 12.2. The van der Waals surface area contributed by atoms with Crippen molar-refractivity contribution < 1.29 is 9.18 Å². The van der Waals surface area contributed by atoms with Crippen molar-refractivity contribution in [2.45, 2.75) is 12.7 Å². The Balaban J connectivity index is 1.75. The van der Waals surface area contributed by atoms with Gasteiger partial charge in [0, 0.05) is 18.1 Å². The predicted octanol–water partition coefficient (Wildman–Crippen LogP) is 4.45. The predicted molar refractivity (Wildman–Crippen MR) is 91.1 cm³/mol. The van der Waals surface area contributed by atoms with Crippen LogP contribution in [0.25, 0.3) is 0 Å². The molecule has 2 rings (SSSR count). The Kier molecular flexibility index (Phi) is 6.28. The van der Waals surface area contributed by atoms with Crippen LogP contribution in [0, 0.1) is 12.7 Å². The molecule has 116 valence electrons. The van der Waals surface area contributed by atoms with Crippen molar-refractivity contribution in [3.05, 3.63) is 70.0 Å². The normalized spacial score (nSPS) is 10.5. The van der Waals surface area contributed by atoms with Crippen molar-refractivity contribution in [1.82, 2.24) is 5.32 Å². The molecule has 0 saturated carbocycles. The monoisotopic (exact) mass is 337 g/mol. The van der Waals surface area contributed by atoms with Crippen molar-refractivity contribution in [1.29, 1.82) is 0 Å². The minimum Gasteiger partial charge on any atom is -0.351 e. The van der Waals surface area contributed by atoms with Gasteiger partial charge in [-0.25, -0.2) is 4.39 Å². The van der Waals surface area contributed by atoms with Gasteiger partial charge in [0.1, 0.15) is 5.82 Å². The first-order chi connectivity index (χ1) is 10.6. The van der Waals surface area contributed by atoms with Gasteiger partial charge in [-0.05, 0) is 36.2 Å². The molecule has 0 fully saturated rings. The number of amides is 1. The van der Waals surface area contributed by atoms with Gasteiger partial charge in [0.05, 0.1) is 10.6 Å². The Morgan fingerprint density at radius 2 is 2.05 bits per heavy atom. The molecule has 2 aromatic rings. The Hall–Kier alpha value is -1.52. The van der Waals surface area contributed by atoms with Crippen LogP contribution >= 0.6 is 23.4 Å². The first-order valence-corrected chi connectivity index (χ1v) is 8.46. The number of aryl methyl sites for hydroxylation is 1. The second-order valence-electron chi connectivity index (χ2n) is 4.88. The number of carbonyl (C=O) groups is 1. The topological polar surface area (TPSA) is 29.1 Å². The van der Waals surface area contributed by atoms with Gasteiger partial charge in [-0.2, -0.15) is 11.8 Å². The second-order valence-corrected chi connectivity index (χ2v) is 6.40. The quantitative estimate of drug-likeness (QED) is 0.789. The van der Waals surface area contributed by atoms with Crippen molar-refractivity contribution in [3.8, 4) is 0 Å². The average molecular weight is 338 g/mol. The summed E-state index contributed by atoms with van der Waals surface area (Å²) in [5, 5.41) is 3.28. The Morgan fingerprint density at radius 1 is 1.27 bits per heavy atom. The molecule has 0 heterocycles.